The van der Waals surface area contributed by atoms with Gasteiger partial charge in [0.25, 0.3) is 0 Å². The molecule has 2 rings (SSSR count). The fraction of sp³-hybridized carbons (Fsp3) is 0.188. The highest BCUT2D eigenvalue weighted by Gasteiger charge is 2.17. The van der Waals surface area contributed by atoms with Gasteiger partial charge in [0, 0.05) is 0 Å². The molecule has 0 amide bonds. The Hall–Kier alpha value is -2.43. The van der Waals surface area contributed by atoms with Gasteiger partial charge >= 0.3 is 5.97 Å². The number of hydrogen-bond acceptors (Lipinski definition) is 3. The number of carbonyl (C=O) groups excluding carboxylic acids is 1. The Morgan fingerprint density at radius 1 is 1.33 bits per heavy atom. The number of carbonyl (C=O) groups is 1. The molecule has 5 heteroatoms. The van der Waals surface area contributed by atoms with Gasteiger partial charge in [-0.3, -0.25) is 0 Å². The standard InChI is InChI=1S/C16H14F2O3/c1-21-16(20)11-6-2-4-10(5-3-7-11)14-12(17)8-9-13(19)15(14)18/h2,4,6-9,19H,3,5H2,1H3. The van der Waals surface area contributed by atoms with Crippen LogP contribution in [0.25, 0.3) is 5.57 Å². The number of ether oxygens (including phenoxy) is 1. The van der Waals surface area contributed by atoms with Gasteiger partial charge in [-0.05, 0) is 36.6 Å². The molecule has 0 aliphatic heterocycles. The van der Waals surface area contributed by atoms with Gasteiger partial charge in [0.1, 0.15) is 5.82 Å². The maximum absolute atomic E-state index is 13.9. The van der Waals surface area contributed by atoms with Crippen molar-refractivity contribution in [2.24, 2.45) is 0 Å². The normalized spacial score (nSPS) is 14.8. The highest BCUT2D eigenvalue weighted by Crippen LogP contribution is 2.31. The van der Waals surface area contributed by atoms with Gasteiger partial charge in [-0.2, -0.15) is 0 Å². The summed E-state index contributed by atoms with van der Waals surface area (Å²) >= 11 is 0. The van der Waals surface area contributed by atoms with Crippen molar-refractivity contribution in [2.75, 3.05) is 7.11 Å². The largest absolute Gasteiger partial charge is 0.505 e. The highest BCUT2D eigenvalue weighted by molar-refractivity contribution is 5.91. The second kappa shape index (κ2) is 6.35. The smallest absolute Gasteiger partial charge is 0.337 e. The Labute approximate surface area is 120 Å². The van der Waals surface area contributed by atoms with Gasteiger partial charge in [0.2, 0.25) is 0 Å². The van der Waals surface area contributed by atoms with Gasteiger partial charge in [-0.25, -0.2) is 13.6 Å². The first-order valence-corrected chi connectivity index (χ1v) is 6.37. The third-order valence-corrected chi connectivity index (χ3v) is 3.16. The number of halogens is 2. The molecule has 1 aromatic carbocycles. The van der Waals surface area contributed by atoms with Crippen LogP contribution >= 0.6 is 0 Å². The summed E-state index contributed by atoms with van der Waals surface area (Å²) < 4.78 is 32.3. The van der Waals surface area contributed by atoms with Crippen LogP contribution in [0.2, 0.25) is 0 Å². The van der Waals surface area contributed by atoms with Crippen molar-refractivity contribution in [3.63, 3.8) is 0 Å². The Morgan fingerprint density at radius 3 is 2.81 bits per heavy atom. The Morgan fingerprint density at radius 2 is 2.10 bits per heavy atom. The minimum Gasteiger partial charge on any atom is -0.505 e. The summed E-state index contributed by atoms with van der Waals surface area (Å²) in [5.74, 6) is -2.77. The summed E-state index contributed by atoms with van der Waals surface area (Å²) in [6.45, 7) is 0. The predicted octanol–water partition coefficient (Wildman–Crippen LogP) is 3.50. The summed E-state index contributed by atoms with van der Waals surface area (Å²) in [7, 11) is 1.29. The predicted molar refractivity (Wildman–Crippen MR) is 74.5 cm³/mol. The van der Waals surface area contributed by atoms with Crippen molar-refractivity contribution in [1.82, 2.24) is 0 Å². The minimum atomic E-state index is -0.979. The van der Waals surface area contributed by atoms with E-state index in [1.807, 2.05) is 0 Å². The average molecular weight is 292 g/mol. The van der Waals surface area contributed by atoms with Gasteiger partial charge in [0.05, 0.1) is 18.2 Å². The molecule has 0 heterocycles. The van der Waals surface area contributed by atoms with Crippen LogP contribution in [0.1, 0.15) is 18.4 Å². The summed E-state index contributed by atoms with van der Waals surface area (Å²) in [4.78, 5) is 11.4. The maximum atomic E-state index is 13.9. The first-order chi connectivity index (χ1) is 10.0. The lowest BCUT2D eigenvalue weighted by atomic mass is 9.96. The Bertz CT molecular complexity index is 658. The zero-order valence-corrected chi connectivity index (χ0v) is 11.4. The summed E-state index contributed by atoms with van der Waals surface area (Å²) in [5.41, 5.74) is 0.566. The molecule has 0 radical (unpaired) electrons. The second-order valence-electron chi connectivity index (χ2n) is 4.50. The highest BCUT2D eigenvalue weighted by atomic mass is 19.1. The van der Waals surface area contributed by atoms with E-state index in [4.69, 9.17) is 0 Å². The molecule has 0 saturated heterocycles. The van der Waals surface area contributed by atoms with E-state index in [0.717, 1.165) is 12.1 Å². The van der Waals surface area contributed by atoms with E-state index in [1.54, 1.807) is 6.08 Å². The Balaban J connectivity index is 2.37. The van der Waals surface area contributed by atoms with Crippen LogP contribution in [-0.2, 0) is 9.53 Å². The van der Waals surface area contributed by atoms with E-state index in [9.17, 15) is 18.7 Å². The SMILES string of the molecule is COC(=O)C1=CCCC(c2c(F)ccc(O)c2F)=CC=C1. The van der Waals surface area contributed by atoms with Crippen molar-refractivity contribution < 1.29 is 23.4 Å². The zero-order valence-electron chi connectivity index (χ0n) is 11.4. The molecule has 0 aromatic heterocycles. The molecular formula is C16H14F2O3. The third kappa shape index (κ3) is 3.18. The molecule has 3 nitrogen and oxygen atoms in total. The van der Waals surface area contributed by atoms with Crippen molar-refractivity contribution in [1.29, 1.82) is 0 Å². The van der Waals surface area contributed by atoms with Gasteiger partial charge in [0.15, 0.2) is 11.6 Å². The number of rotatable bonds is 2. The van der Waals surface area contributed by atoms with Crippen molar-refractivity contribution in [2.45, 2.75) is 12.8 Å². The van der Waals surface area contributed by atoms with E-state index in [-0.39, 0.29) is 5.56 Å². The van der Waals surface area contributed by atoms with Crippen LogP contribution in [-0.4, -0.2) is 18.2 Å². The van der Waals surface area contributed by atoms with E-state index in [1.165, 1.54) is 25.3 Å². The number of allylic oxidation sites excluding steroid dienone is 4. The molecule has 1 aromatic rings. The second-order valence-corrected chi connectivity index (χ2v) is 4.50. The Kier molecular flexibility index (Phi) is 4.52. The van der Waals surface area contributed by atoms with Gasteiger partial charge < -0.3 is 9.84 Å². The van der Waals surface area contributed by atoms with Gasteiger partial charge in [-0.1, -0.05) is 18.2 Å². The molecule has 1 aliphatic rings. The quantitative estimate of drug-likeness (QED) is 0.849. The van der Waals surface area contributed by atoms with Crippen LogP contribution in [0.3, 0.4) is 0 Å². The zero-order chi connectivity index (χ0) is 15.4. The molecule has 0 bridgehead atoms. The van der Waals surface area contributed by atoms with Crippen LogP contribution < -0.4 is 0 Å². The topological polar surface area (TPSA) is 46.5 Å². The molecule has 0 unspecified atom stereocenters. The van der Waals surface area contributed by atoms with Crippen molar-refractivity contribution in [3.8, 4) is 5.75 Å². The van der Waals surface area contributed by atoms with Crippen LogP contribution in [0.15, 0.2) is 42.0 Å². The van der Waals surface area contributed by atoms with E-state index >= 15 is 0 Å². The first-order valence-electron chi connectivity index (χ1n) is 6.37. The molecule has 110 valence electrons. The fourth-order valence-electron chi connectivity index (χ4n) is 2.12. The molecule has 0 fully saturated rings. The van der Waals surface area contributed by atoms with Crippen molar-refractivity contribution in [3.05, 3.63) is 59.2 Å². The fourth-order valence-corrected chi connectivity index (χ4v) is 2.12. The number of methoxy groups -OCH3 is 1. The lowest BCUT2D eigenvalue weighted by Gasteiger charge is -2.11. The molecular weight excluding hydrogens is 278 g/mol. The number of benzene rings is 1. The van der Waals surface area contributed by atoms with Crippen molar-refractivity contribution >= 4 is 11.5 Å². The number of esters is 1. The molecule has 0 atom stereocenters. The lowest BCUT2D eigenvalue weighted by Crippen LogP contribution is -2.03. The molecule has 1 N–H and O–H groups in total. The van der Waals surface area contributed by atoms with Crippen LogP contribution in [0.5, 0.6) is 5.75 Å². The van der Waals surface area contributed by atoms with E-state index in [2.05, 4.69) is 4.74 Å². The number of phenolic OH excluding ortho intramolecular Hbond substituents is 1. The summed E-state index contributed by atoms with van der Waals surface area (Å²) in [5, 5.41) is 9.37. The van der Waals surface area contributed by atoms with E-state index in [0.29, 0.717) is 24.0 Å². The molecule has 21 heavy (non-hydrogen) atoms. The van der Waals surface area contributed by atoms with Crippen LogP contribution in [0, 0.1) is 11.6 Å². The van der Waals surface area contributed by atoms with E-state index < -0.39 is 23.4 Å². The third-order valence-electron chi connectivity index (χ3n) is 3.16. The number of hydrogen-bond donors (Lipinski definition) is 1. The monoisotopic (exact) mass is 292 g/mol. The maximum Gasteiger partial charge on any atom is 0.337 e. The first kappa shape index (κ1) is 15.0. The molecule has 0 saturated carbocycles. The summed E-state index contributed by atoms with van der Waals surface area (Å²) in [6, 6.07) is 2.00. The summed E-state index contributed by atoms with van der Waals surface area (Å²) in [6.07, 6.45) is 6.98. The number of aromatic hydroxyl groups is 1. The number of phenols is 1. The van der Waals surface area contributed by atoms with Gasteiger partial charge in [-0.15, -0.1) is 0 Å². The van der Waals surface area contributed by atoms with Crippen LogP contribution in [0.4, 0.5) is 8.78 Å². The molecule has 1 aliphatic carbocycles. The lowest BCUT2D eigenvalue weighted by molar-refractivity contribution is -0.135. The molecule has 0 spiro atoms. The average Bonchev–Trinajstić information content (AvgIpc) is 2.44. The minimum absolute atomic E-state index is 0.241.